The van der Waals surface area contributed by atoms with Gasteiger partial charge < -0.3 is 14.1 Å². The fraction of sp³-hybridized carbons (Fsp3) is 0.354. The van der Waals surface area contributed by atoms with E-state index in [2.05, 4.69) is 222 Å². The normalized spacial score (nSPS) is 18.1. The summed E-state index contributed by atoms with van der Waals surface area (Å²) in [6.07, 6.45) is 4.65. The summed E-state index contributed by atoms with van der Waals surface area (Å²) in [5.74, 6) is 0. The zero-order valence-electron chi connectivity index (χ0n) is 43.7. The molecular formula is C65H69BN2O. The highest BCUT2D eigenvalue weighted by Crippen LogP contribution is 2.56. The van der Waals surface area contributed by atoms with Crippen molar-refractivity contribution in [2.24, 2.45) is 0 Å². The molecule has 0 saturated carbocycles. The lowest BCUT2D eigenvalue weighted by Crippen LogP contribution is -2.62. The monoisotopic (exact) mass is 905 g/mol. The van der Waals surface area contributed by atoms with E-state index in [0.29, 0.717) is 0 Å². The fourth-order valence-electron chi connectivity index (χ4n) is 13.4. The van der Waals surface area contributed by atoms with Crippen LogP contribution in [0.5, 0.6) is 0 Å². The Kier molecular flexibility index (Phi) is 9.32. The number of furan rings is 1. The van der Waals surface area contributed by atoms with Crippen LogP contribution in [0, 0.1) is 20.8 Å². The van der Waals surface area contributed by atoms with Crippen LogP contribution in [0.2, 0.25) is 0 Å². The Bertz CT molecular complexity index is 3460. The molecule has 3 heterocycles. The van der Waals surface area contributed by atoms with E-state index in [9.17, 15) is 0 Å². The third-order valence-electron chi connectivity index (χ3n) is 17.7. The van der Waals surface area contributed by atoms with Crippen LogP contribution in [0.1, 0.15) is 146 Å². The van der Waals surface area contributed by atoms with Crippen LogP contribution >= 0.6 is 0 Å². The minimum atomic E-state index is -0.169. The highest BCUT2D eigenvalue weighted by Gasteiger charge is 2.49. The van der Waals surface area contributed by atoms with Gasteiger partial charge in [-0.15, -0.1) is 0 Å². The van der Waals surface area contributed by atoms with Crippen molar-refractivity contribution < 1.29 is 4.42 Å². The highest BCUT2D eigenvalue weighted by atomic mass is 16.3. The lowest BCUT2D eigenvalue weighted by atomic mass is 9.42. The average molecular weight is 905 g/mol. The molecule has 0 unspecified atom stereocenters. The van der Waals surface area contributed by atoms with E-state index in [4.69, 9.17) is 4.42 Å². The lowest BCUT2D eigenvalue weighted by molar-refractivity contribution is 0.332. The Labute approximate surface area is 412 Å². The molecule has 2 aliphatic carbocycles. The van der Waals surface area contributed by atoms with Crippen molar-refractivity contribution in [3.05, 3.63) is 160 Å². The van der Waals surface area contributed by atoms with Gasteiger partial charge >= 0.3 is 6.85 Å². The van der Waals surface area contributed by atoms with Crippen LogP contribution in [0.3, 0.4) is 0 Å². The zero-order valence-corrected chi connectivity index (χ0v) is 43.7. The molecule has 0 fully saturated rings. The van der Waals surface area contributed by atoms with Gasteiger partial charge in [-0.1, -0.05) is 131 Å². The molecule has 69 heavy (non-hydrogen) atoms. The molecule has 4 heteroatoms. The molecule has 0 spiro atoms. The van der Waals surface area contributed by atoms with Crippen molar-refractivity contribution in [2.45, 2.75) is 150 Å². The van der Waals surface area contributed by atoms with E-state index in [1.54, 1.807) is 0 Å². The number of para-hydroxylation sites is 1. The van der Waals surface area contributed by atoms with E-state index in [0.717, 1.165) is 35.8 Å². The first-order chi connectivity index (χ1) is 32.6. The molecule has 8 aromatic rings. The second kappa shape index (κ2) is 14.5. The van der Waals surface area contributed by atoms with Gasteiger partial charge in [-0.3, -0.25) is 0 Å². The van der Waals surface area contributed by atoms with Crippen LogP contribution in [0.4, 0.5) is 28.4 Å². The summed E-state index contributed by atoms with van der Waals surface area (Å²) >= 11 is 0. The van der Waals surface area contributed by atoms with E-state index < -0.39 is 0 Å². The average Bonchev–Trinajstić information content (AvgIpc) is 3.68. The van der Waals surface area contributed by atoms with Gasteiger partial charge in [0, 0.05) is 44.8 Å². The van der Waals surface area contributed by atoms with Crippen molar-refractivity contribution in [2.75, 3.05) is 9.71 Å². The van der Waals surface area contributed by atoms with Gasteiger partial charge in [0.25, 0.3) is 0 Å². The maximum absolute atomic E-state index is 6.89. The molecular weight excluding hydrogens is 836 g/mol. The van der Waals surface area contributed by atoms with E-state index in [1.807, 2.05) is 0 Å². The number of nitrogens with zero attached hydrogens (tertiary/aromatic N) is 2. The minimum absolute atomic E-state index is 0.0210. The van der Waals surface area contributed by atoms with E-state index in [-0.39, 0.29) is 33.9 Å². The maximum Gasteiger partial charge on any atom is 0.333 e. The first kappa shape index (κ1) is 44.2. The largest absolute Gasteiger partial charge is 0.456 e. The molecule has 1 aromatic heterocycles. The molecule has 0 radical (unpaired) electrons. The molecule has 3 nitrogen and oxygen atoms in total. The summed E-state index contributed by atoms with van der Waals surface area (Å²) in [5.41, 5.74) is 27.3. The predicted molar refractivity (Wildman–Crippen MR) is 296 cm³/mol. The van der Waals surface area contributed by atoms with Gasteiger partial charge in [-0.05, 0) is 206 Å². The Morgan fingerprint density at radius 2 is 1.07 bits per heavy atom. The SMILES string of the molecule is Cc1cc2c(cc1N1c3cc(-c4c(C)cccc4C)cc4c3B(c3c1ccc1oc5ccccc5c31)N(c1ccc(C(C)(C)C)cc1)c1cc3c(cc1-4)C(C)(C)CCC3(C)C)C(C)(C)CCC2(C)C. The number of benzene rings is 7. The molecule has 7 aromatic carbocycles. The quantitative estimate of drug-likeness (QED) is 0.165. The van der Waals surface area contributed by atoms with Crippen molar-refractivity contribution >= 4 is 68.1 Å². The topological polar surface area (TPSA) is 19.6 Å². The highest BCUT2D eigenvalue weighted by molar-refractivity contribution is 6.95. The molecule has 2 aliphatic heterocycles. The van der Waals surface area contributed by atoms with Gasteiger partial charge in [-0.2, -0.15) is 0 Å². The molecule has 0 amide bonds. The molecule has 0 atom stereocenters. The summed E-state index contributed by atoms with van der Waals surface area (Å²) in [6, 6.07) is 45.3. The summed E-state index contributed by atoms with van der Waals surface area (Å²) in [5, 5.41) is 2.36. The molecule has 348 valence electrons. The number of hydrogen-bond donors (Lipinski definition) is 0. The number of aryl methyl sites for hydroxylation is 3. The second-order valence-corrected chi connectivity index (χ2v) is 25.2. The molecule has 12 rings (SSSR count). The lowest BCUT2D eigenvalue weighted by Gasteiger charge is -2.49. The molecule has 0 N–H and O–H groups in total. The number of hydrogen-bond acceptors (Lipinski definition) is 3. The Balaban J connectivity index is 1.28. The Hall–Kier alpha value is -6.00. The van der Waals surface area contributed by atoms with Gasteiger partial charge in [0.05, 0.1) is 0 Å². The van der Waals surface area contributed by atoms with Gasteiger partial charge in [0.1, 0.15) is 11.2 Å². The number of fused-ring (bicyclic) bond motifs is 10. The summed E-state index contributed by atoms with van der Waals surface area (Å²) in [4.78, 5) is 5.43. The predicted octanol–water partition coefficient (Wildman–Crippen LogP) is 16.9. The van der Waals surface area contributed by atoms with Crippen molar-refractivity contribution in [1.82, 2.24) is 0 Å². The van der Waals surface area contributed by atoms with Gasteiger partial charge in [0.15, 0.2) is 0 Å². The van der Waals surface area contributed by atoms with Crippen LogP contribution in [0.15, 0.2) is 120 Å². The first-order valence-electron chi connectivity index (χ1n) is 25.8. The first-order valence-corrected chi connectivity index (χ1v) is 25.8. The molecule has 4 aliphatic rings. The third kappa shape index (κ3) is 6.45. The summed E-state index contributed by atoms with van der Waals surface area (Å²) in [7, 11) is 0. The van der Waals surface area contributed by atoms with Crippen molar-refractivity contribution in [1.29, 1.82) is 0 Å². The molecule has 0 saturated heterocycles. The fourth-order valence-corrected chi connectivity index (χ4v) is 13.4. The second-order valence-electron chi connectivity index (χ2n) is 25.2. The Morgan fingerprint density at radius 3 is 1.70 bits per heavy atom. The van der Waals surface area contributed by atoms with Crippen molar-refractivity contribution in [3.8, 4) is 22.3 Å². The van der Waals surface area contributed by atoms with E-state index >= 15 is 0 Å². The summed E-state index contributed by atoms with van der Waals surface area (Å²) < 4.78 is 6.89. The number of anilines is 5. The zero-order chi connectivity index (χ0) is 48.5. The van der Waals surface area contributed by atoms with Crippen LogP contribution in [-0.2, 0) is 27.1 Å². The van der Waals surface area contributed by atoms with E-state index in [1.165, 1.54) is 118 Å². The van der Waals surface area contributed by atoms with Crippen LogP contribution in [0.25, 0.3) is 44.2 Å². The maximum atomic E-state index is 6.89. The van der Waals surface area contributed by atoms with Crippen LogP contribution < -0.4 is 20.6 Å². The van der Waals surface area contributed by atoms with Crippen LogP contribution in [-0.4, -0.2) is 6.85 Å². The third-order valence-corrected chi connectivity index (χ3v) is 17.7. The molecule has 0 bridgehead atoms. The van der Waals surface area contributed by atoms with Gasteiger partial charge in [-0.25, -0.2) is 0 Å². The standard InChI is InChI=1S/C65H69BN2O/c1-38-18-17-19-39(2)57(38)41-33-46-45-35-48-50(65(13,14)31-29-63(48,9)10)37-53(45)68(43-24-22-42(23-25-43)61(4,5)6)66-59(46)54(34-41)67(51-26-27-56-58(60(51)66)44-20-15-16-21-55(44)69-56)52-36-49-47(32-40(52)3)62(7,8)28-30-64(49,11)12/h15-27,32-37H,28-31H2,1-14H3. The number of rotatable bonds is 3. The smallest absolute Gasteiger partial charge is 0.333 e. The summed E-state index contributed by atoms with van der Waals surface area (Å²) in [6.45, 7) is 33.5. The Morgan fingerprint density at radius 1 is 0.493 bits per heavy atom. The van der Waals surface area contributed by atoms with Crippen molar-refractivity contribution in [3.63, 3.8) is 0 Å². The minimum Gasteiger partial charge on any atom is -0.456 e. The van der Waals surface area contributed by atoms with Gasteiger partial charge in [0.2, 0.25) is 0 Å².